The first-order chi connectivity index (χ1) is 19.3. The van der Waals surface area contributed by atoms with E-state index in [2.05, 4.69) is 16.0 Å². The standard InChI is InChI=1S/C30H39N5O5/c1-34-21-27(37)33-30(14-17-35(18-15-30)28(38)22-40-24-11-6-3-7-12-24)19-26(36)31-16-8-13-25(29(34)39)32-20-23-9-4-2-5-10-23/h2-7,9-12,25,32H,8,13-22H2,1H3,(H,31,36)(H,33,37)/t25-/m0/s1. The van der Waals surface area contributed by atoms with Crippen molar-refractivity contribution in [2.45, 2.75) is 50.2 Å². The van der Waals surface area contributed by atoms with E-state index in [-0.39, 0.29) is 43.2 Å². The van der Waals surface area contributed by atoms with Crippen LogP contribution in [0.3, 0.4) is 0 Å². The molecular formula is C30H39N5O5. The van der Waals surface area contributed by atoms with Gasteiger partial charge in [0.05, 0.1) is 18.1 Å². The molecule has 3 N–H and O–H groups in total. The van der Waals surface area contributed by atoms with Crippen LogP contribution in [0.2, 0.25) is 0 Å². The number of hydrogen-bond acceptors (Lipinski definition) is 6. The average molecular weight is 550 g/mol. The topological polar surface area (TPSA) is 120 Å². The summed E-state index contributed by atoms with van der Waals surface area (Å²) in [5.74, 6) is -0.153. The summed E-state index contributed by atoms with van der Waals surface area (Å²) in [6, 6.07) is 18.5. The van der Waals surface area contributed by atoms with Crippen molar-refractivity contribution in [1.82, 2.24) is 25.8 Å². The summed E-state index contributed by atoms with van der Waals surface area (Å²) in [5.41, 5.74) is 0.270. The second kappa shape index (κ2) is 13.9. The van der Waals surface area contributed by atoms with Crippen LogP contribution in [0.1, 0.15) is 37.7 Å². The number of carbonyl (C=O) groups excluding carboxylic acids is 4. The summed E-state index contributed by atoms with van der Waals surface area (Å²) in [7, 11) is 1.63. The van der Waals surface area contributed by atoms with Gasteiger partial charge in [-0.05, 0) is 43.4 Å². The first kappa shape index (κ1) is 29.1. The number of benzene rings is 2. The Morgan fingerprint density at radius 2 is 1.68 bits per heavy atom. The monoisotopic (exact) mass is 549 g/mol. The number of nitrogens with one attached hydrogen (secondary N) is 3. The lowest BCUT2D eigenvalue weighted by molar-refractivity contribution is -0.139. The Bertz CT molecular complexity index is 1150. The highest BCUT2D eigenvalue weighted by molar-refractivity contribution is 5.88. The molecule has 2 aliphatic rings. The van der Waals surface area contributed by atoms with Gasteiger partial charge in [0.25, 0.3) is 5.91 Å². The van der Waals surface area contributed by atoms with Crippen molar-refractivity contribution < 1.29 is 23.9 Å². The van der Waals surface area contributed by atoms with Crippen LogP contribution < -0.4 is 20.7 Å². The van der Waals surface area contributed by atoms with Crippen molar-refractivity contribution >= 4 is 23.6 Å². The first-order valence-electron chi connectivity index (χ1n) is 13.9. The Hall–Kier alpha value is -3.92. The van der Waals surface area contributed by atoms with Crippen molar-refractivity contribution in [3.05, 3.63) is 66.2 Å². The molecule has 10 heteroatoms. The van der Waals surface area contributed by atoms with E-state index in [1.807, 2.05) is 48.5 Å². The van der Waals surface area contributed by atoms with Gasteiger partial charge in [-0.1, -0.05) is 48.5 Å². The maximum absolute atomic E-state index is 13.3. The first-order valence-corrected chi connectivity index (χ1v) is 13.9. The highest BCUT2D eigenvalue weighted by Crippen LogP contribution is 2.27. The number of ether oxygens (including phenoxy) is 1. The van der Waals surface area contributed by atoms with Gasteiger partial charge < -0.3 is 30.5 Å². The fourth-order valence-electron chi connectivity index (χ4n) is 5.23. The maximum Gasteiger partial charge on any atom is 0.260 e. The van der Waals surface area contributed by atoms with E-state index < -0.39 is 11.6 Å². The summed E-state index contributed by atoms with van der Waals surface area (Å²) < 4.78 is 5.60. The van der Waals surface area contributed by atoms with Crippen LogP contribution >= 0.6 is 0 Å². The minimum absolute atomic E-state index is 0.0732. The van der Waals surface area contributed by atoms with Crippen LogP contribution in [0.4, 0.5) is 0 Å². The lowest BCUT2D eigenvalue weighted by atomic mass is 9.83. The molecule has 2 saturated heterocycles. The quantitative estimate of drug-likeness (QED) is 0.502. The number of hydrogen-bond donors (Lipinski definition) is 3. The summed E-state index contributed by atoms with van der Waals surface area (Å²) >= 11 is 0. The van der Waals surface area contributed by atoms with Crippen molar-refractivity contribution in [3.63, 3.8) is 0 Å². The number of nitrogens with zero attached hydrogens (tertiary/aromatic N) is 2. The van der Waals surface area contributed by atoms with Crippen LogP contribution in [0, 0.1) is 0 Å². The molecule has 2 fully saturated rings. The predicted molar refractivity (Wildman–Crippen MR) is 150 cm³/mol. The molecule has 40 heavy (non-hydrogen) atoms. The molecule has 0 aromatic heterocycles. The summed E-state index contributed by atoms with van der Waals surface area (Å²) in [4.78, 5) is 55.2. The Morgan fingerprint density at radius 3 is 2.38 bits per heavy atom. The lowest BCUT2D eigenvalue weighted by Crippen LogP contribution is -2.59. The third-order valence-electron chi connectivity index (χ3n) is 7.52. The van der Waals surface area contributed by atoms with Crippen molar-refractivity contribution in [3.8, 4) is 5.75 Å². The van der Waals surface area contributed by atoms with E-state index in [1.54, 1.807) is 24.1 Å². The van der Waals surface area contributed by atoms with E-state index in [9.17, 15) is 19.2 Å². The SMILES string of the molecule is CN1CC(=O)NC2(CCN(C(=O)COc3ccccc3)CC2)CC(=O)NCCC[C@H](NCc2ccccc2)C1=O. The minimum Gasteiger partial charge on any atom is -0.484 e. The zero-order chi connectivity index (χ0) is 28.4. The minimum atomic E-state index is -0.791. The van der Waals surface area contributed by atoms with Gasteiger partial charge in [0, 0.05) is 39.6 Å². The number of carbonyl (C=O) groups is 4. The number of likely N-dealkylation sites (N-methyl/N-ethyl adjacent to an activating group) is 1. The maximum atomic E-state index is 13.3. The smallest absolute Gasteiger partial charge is 0.260 e. The molecule has 10 nitrogen and oxygen atoms in total. The molecule has 0 saturated carbocycles. The molecule has 2 aromatic rings. The fourth-order valence-corrected chi connectivity index (χ4v) is 5.23. The highest BCUT2D eigenvalue weighted by Gasteiger charge is 2.39. The summed E-state index contributed by atoms with van der Waals surface area (Å²) in [6.07, 6.45) is 2.14. The summed E-state index contributed by atoms with van der Waals surface area (Å²) in [5, 5.41) is 9.34. The Morgan fingerprint density at radius 1 is 1.00 bits per heavy atom. The number of rotatable bonds is 6. The third-order valence-corrected chi connectivity index (χ3v) is 7.52. The van der Waals surface area contributed by atoms with Gasteiger partial charge in [-0.3, -0.25) is 19.2 Å². The summed E-state index contributed by atoms with van der Waals surface area (Å²) in [6.45, 7) is 1.56. The van der Waals surface area contributed by atoms with E-state index in [0.717, 1.165) is 5.56 Å². The van der Waals surface area contributed by atoms with Gasteiger partial charge in [-0.2, -0.15) is 0 Å². The van der Waals surface area contributed by atoms with Gasteiger partial charge in [-0.15, -0.1) is 0 Å². The van der Waals surface area contributed by atoms with Crippen LogP contribution in [0.15, 0.2) is 60.7 Å². The normalized spacial score (nSPS) is 20.5. The van der Waals surface area contributed by atoms with Gasteiger partial charge in [0.2, 0.25) is 17.7 Å². The second-order valence-corrected chi connectivity index (χ2v) is 10.6. The van der Waals surface area contributed by atoms with Crippen LogP contribution in [-0.4, -0.2) is 84.8 Å². The van der Waals surface area contributed by atoms with Gasteiger partial charge in [0.1, 0.15) is 5.75 Å². The van der Waals surface area contributed by atoms with E-state index in [4.69, 9.17) is 4.74 Å². The molecule has 0 aliphatic carbocycles. The van der Waals surface area contributed by atoms with Crippen LogP contribution in [-0.2, 0) is 25.7 Å². The van der Waals surface area contributed by atoms with Gasteiger partial charge in [-0.25, -0.2) is 0 Å². The predicted octanol–water partition coefficient (Wildman–Crippen LogP) is 1.46. The molecule has 0 radical (unpaired) electrons. The zero-order valence-electron chi connectivity index (χ0n) is 23.1. The molecule has 1 spiro atoms. The molecule has 1 atom stereocenters. The van der Waals surface area contributed by atoms with Crippen LogP contribution in [0.5, 0.6) is 5.75 Å². The molecule has 4 rings (SSSR count). The fraction of sp³-hybridized carbons (Fsp3) is 0.467. The Balaban J connectivity index is 1.36. The third kappa shape index (κ3) is 8.29. The number of piperidine rings is 1. The molecule has 214 valence electrons. The Labute approximate surface area is 235 Å². The molecular weight excluding hydrogens is 510 g/mol. The zero-order valence-corrected chi connectivity index (χ0v) is 23.1. The largest absolute Gasteiger partial charge is 0.484 e. The van der Waals surface area contributed by atoms with Crippen molar-refractivity contribution in [2.75, 3.05) is 39.8 Å². The molecule has 2 heterocycles. The van der Waals surface area contributed by atoms with E-state index in [1.165, 1.54) is 4.90 Å². The van der Waals surface area contributed by atoms with Crippen molar-refractivity contribution in [1.29, 1.82) is 0 Å². The highest BCUT2D eigenvalue weighted by atomic mass is 16.5. The molecule has 2 aromatic carbocycles. The molecule has 0 unspecified atom stereocenters. The molecule has 4 amide bonds. The van der Waals surface area contributed by atoms with Crippen LogP contribution in [0.25, 0.3) is 0 Å². The van der Waals surface area contributed by atoms with E-state index >= 15 is 0 Å². The number of likely N-dealkylation sites (tertiary alicyclic amines) is 1. The van der Waals surface area contributed by atoms with E-state index in [0.29, 0.717) is 57.6 Å². The Kier molecular flexibility index (Phi) is 10.1. The van der Waals surface area contributed by atoms with Crippen molar-refractivity contribution in [2.24, 2.45) is 0 Å². The van der Waals surface area contributed by atoms with Gasteiger partial charge >= 0.3 is 0 Å². The number of amides is 4. The lowest BCUT2D eigenvalue weighted by Gasteiger charge is -2.42. The average Bonchev–Trinajstić information content (AvgIpc) is 2.96. The second-order valence-electron chi connectivity index (χ2n) is 10.6. The molecule has 2 aliphatic heterocycles. The molecule has 0 bridgehead atoms. The van der Waals surface area contributed by atoms with Gasteiger partial charge in [0.15, 0.2) is 6.61 Å². The number of para-hydroxylation sites is 1.